The molecule has 1 heterocycles. The number of hydrogen-bond donors (Lipinski definition) is 1. The van der Waals surface area contributed by atoms with Gasteiger partial charge < -0.3 is 10.1 Å². The van der Waals surface area contributed by atoms with E-state index in [1.807, 2.05) is 19.1 Å². The molecule has 3 nitrogen and oxygen atoms in total. The molecule has 0 aliphatic carbocycles. The Morgan fingerprint density at radius 1 is 1.35 bits per heavy atom. The molecule has 4 heteroatoms. The first-order chi connectivity index (χ1) is 8.25. The fourth-order valence-corrected chi connectivity index (χ4v) is 2.07. The first kappa shape index (κ1) is 12.7. The molecule has 0 saturated carbocycles. The topological polar surface area (TPSA) is 24.5 Å². The molecule has 94 valence electrons. The molecule has 2 rings (SSSR count). The van der Waals surface area contributed by atoms with Gasteiger partial charge in [-0.05, 0) is 24.6 Å². The van der Waals surface area contributed by atoms with Gasteiger partial charge in [0.05, 0.1) is 13.2 Å². The zero-order valence-electron chi connectivity index (χ0n) is 10.2. The molecule has 1 aliphatic rings. The van der Waals surface area contributed by atoms with E-state index in [9.17, 15) is 0 Å². The van der Waals surface area contributed by atoms with E-state index < -0.39 is 0 Å². The molecule has 1 fully saturated rings. The monoisotopic (exact) mass is 254 g/mol. The maximum atomic E-state index is 6.07. The quantitative estimate of drug-likeness (QED) is 0.893. The second-order valence-electron chi connectivity index (χ2n) is 4.34. The number of nitrogens with zero attached hydrogens (tertiary/aromatic N) is 1. The molecule has 0 unspecified atom stereocenters. The van der Waals surface area contributed by atoms with E-state index in [1.54, 1.807) is 0 Å². The summed E-state index contributed by atoms with van der Waals surface area (Å²) in [5, 5.41) is 4.21. The van der Waals surface area contributed by atoms with Crippen LogP contribution in [-0.4, -0.2) is 44.3 Å². The number of benzene rings is 1. The molecule has 17 heavy (non-hydrogen) atoms. The molecule has 0 bridgehead atoms. The Morgan fingerprint density at radius 3 is 2.82 bits per heavy atom. The van der Waals surface area contributed by atoms with Crippen LogP contribution in [0.1, 0.15) is 5.56 Å². The zero-order valence-corrected chi connectivity index (χ0v) is 11.0. The van der Waals surface area contributed by atoms with Crippen LogP contribution < -0.4 is 5.32 Å². The molecule has 0 spiro atoms. The van der Waals surface area contributed by atoms with Gasteiger partial charge in [-0.1, -0.05) is 17.7 Å². The van der Waals surface area contributed by atoms with E-state index in [-0.39, 0.29) is 0 Å². The summed E-state index contributed by atoms with van der Waals surface area (Å²) in [6.07, 6.45) is 0. The predicted molar refractivity (Wildman–Crippen MR) is 71.9 cm³/mol. The molecule has 1 aromatic carbocycles. The summed E-state index contributed by atoms with van der Waals surface area (Å²) in [7, 11) is 0. The third-order valence-electron chi connectivity index (χ3n) is 3.03. The van der Waals surface area contributed by atoms with E-state index in [1.165, 1.54) is 0 Å². The summed E-state index contributed by atoms with van der Waals surface area (Å²) < 4.78 is 5.31. The van der Waals surface area contributed by atoms with Crippen molar-refractivity contribution >= 4 is 17.3 Å². The molecule has 1 aliphatic heterocycles. The average molecular weight is 255 g/mol. The summed E-state index contributed by atoms with van der Waals surface area (Å²) in [6.45, 7) is 7.80. The first-order valence-corrected chi connectivity index (χ1v) is 6.43. The Kier molecular flexibility index (Phi) is 4.66. The Balaban J connectivity index is 1.75. The minimum Gasteiger partial charge on any atom is -0.384 e. The smallest absolute Gasteiger partial charge is 0.0594 e. The van der Waals surface area contributed by atoms with E-state index in [0.29, 0.717) is 0 Å². The molecule has 1 saturated heterocycles. The molecule has 0 aromatic heterocycles. The lowest BCUT2D eigenvalue weighted by Gasteiger charge is -2.26. The van der Waals surface area contributed by atoms with Crippen molar-refractivity contribution in [2.45, 2.75) is 6.92 Å². The van der Waals surface area contributed by atoms with E-state index in [4.69, 9.17) is 16.3 Å². The van der Waals surface area contributed by atoms with Crippen LogP contribution >= 0.6 is 11.6 Å². The number of nitrogens with one attached hydrogen (secondary N) is 1. The van der Waals surface area contributed by atoms with Gasteiger partial charge in [0.1, 0.15) is 0 Å². The van der Waals surface area contributed by atoms with Crippen molar-refractivity contribution in [2.75, 3.05) is 44.7 Å². The number of rotatable bonds is 4. The van der Waals surface area contributed by atoms with Crippen LogP contribution in [-0.2, 0) is 4.74 Å². The minimum atomic E-state index is 0.821. The van der Waals surface area contributed by atoms with Crippen LogP contribution in [0.5, 0.6) is 0 Å². The molecule has 0 atom stereocenters. The number of aryl methyl sites for hydroxylation is 1. The third kappa shape index (κ3) is 3.87. The van der Waals surface area contributed by atoms with Gasteiger partial charge in [0, 0.05) is 36.9 Å². The molecule has 1 N–H and O–H groups in total. The zero-order chi connectivity index (χ0) is 12.1. The molecule has 0 amide bonds. The number of anilines is 1. The fourth-order valence-electron chi connectivity index (χ4n) is 1.89. The van der Waals surface area contributed by atoms with Crippen molar-refractivity contribution in [1.82, 2.24) is 4.90 Å². The van der Waals surface area contributed by atoms with E-state index >= 15 is 0 Å². The highest BCUT2D eigenvalue weighted by Gasteiger charge is 2.09. The fraction of sp³-hybridized carbons (Fsp3) is 0.538. The molecule has 1 aromatic rings. The summed E-state index contributed by atoms with van der Waals surface area (Å²) >= 11 is 6.07. The highest BCUT2D eigenvalue weighted by Crippen LogP contribution is 2.19. The second-order valence-corrected chi connectivity index (χ2v) is 4.75. The number of hydrogen-bond acceptors (Lipinski definition) is 3. The van der Waals surface area contributed by atoms with Gasteiger partial charge in [-0.2, -0.15) is 0 Å². The Bertz CT molecular complexity index is 364. The standard InChI is InChI=1S/C13H19ClN2O/c1-11-2-3-12(10-13(11)14)15-4-5-16-6-8-17-9-7-16/h2-3,10,15H,4-9H2,1H3. The van der Waals surface area contributed by atoms with Crippen LogP contribution in [0.4, 0.5) is 5.69 Å². The molecular weight excluding hydrogens is 236 g/mol. The van der Waals surface area contributed by atoms with Crippen molar-refractivity contribution in [3.05, 3.63) is 28.8 Å². The van der Waals surface area contributed by atoms with Gasteiger partial charge in [0.25, 0.3) is 0 Å². The number of morpholine rings is 1. The van der Waals surface area contributed by atoms with Crippen molar-refractivity contribution in [3.8, 4) is 0 Å². The Labute approximate surface area is 108 Å². The van der Waals surface area contributed by atoms with Gasteiger partial charge >= 0.3 is 0 Å². The van der Waals surface area contributed by atoms with E-state index in [2.05, 4.69) is 16.3 Å². The second kappa shape index (κ2) is 6.24. The van der Waals surface area contributed by atoms with E-state index in [0.717, 1.165) is 55.7 Å². The van der Waals surface area contributed by atoms with Crippen molar-refractivity contribution in [2.24, 2.45) is 0 Å². The lowest BCUT2D eigenvalue weighted by atomic mass is 10.2. The highest BCUT2D eigenvalue weighted by atomic mass is 35.5. The average Bonchev–Trinajstić information content (AvgIpc) is 2.35. The van der Waals surface area contributed by atoms with Crippen molar-refractivity contribution in [1.29, 1.82) is 0 Å². The normalized spacial score (nSPS) is 17.1. The summed E-state index contributed by atoms with van der Waals surface area (Å²) in [5.74, 6) is 0. The SMILES string of the molecule is Cc1ccc(NCCN2CCOCC2)cc1Cl. The lowest BCUT2D eigenvalue weighted by Crippen LogP contribution is -2.38. The van der Waals surface area contributed by atoms with Gasteiger partial charge in [-0.3, -0.25) is 4.90 Å². The van der Waals surface area contributed by atoms with Crippen LogP contribution in [0.3, 0.4) is 0 Å². The van der Waals surface area contributed by atoms with Gasteiger partial charge in [-0.15, -0.1) is 0 Å². The van der Waals surface area contributed by atoms with Crippen LogP contribution in [0.25, 0.3) is 0 Å². The summed E-state index contributed by atoms with van der Waals surface area (Å²) in [5.41, 5.74) is 2.21. The summed E-state index contributed by atoms with van der Waals surface area (Å²) in [6, 6.07) is 6.09. The highest BCUT2D eigenvalue weighted by molar-refractivity contribution is 6.31. The Morgan fingerprint density at radius 2 is 2.12 bits per heavy atom. The lowest BCUT2D eigenvalue weighted by molar-refractivity contribution is 0.0398. The van der Waals surface area contributed by atoms with Gasteiger partial charge in [0.2, 0.25) is 0 Å². The predicted octanol–water partition coefficient (Wildman–Crippen LogP) is 2.39. The number of ether oxygens (including phenoxy) is 1. The van der Waals surface area contributed by atoms with Crippen molar-refractivity contribution in [3.63, 3.8) is 0 Å². The maximum absolute atomic E-state index is 6.07. The third-order valence-corrected chi connectivity index (χ3v) is 3.44. The first-order valence-electron chi connectivity index (χ1n) is 6.06. The van der Waals surface area contributed by atoms with Crippen LogP contribution in [0, 0.1) is 6.92 Å². The van der Waals surface area contributed by atoms with Gasteiger partial charge in [0.15, 0.2) is 0 Å². The molecular formula is C13H19ClN2O. The van der Waals surface area contributed by atoms with Crippen molar-refractivity contribution < 1.29 is 4.74 Å². The van der Waals surface area contributed by atoms with Crippen LogP contribution in [0.2, 0.25) is 5.02 Å². The number of halogens is 1. The molecule has 0 radical (unpaired) electrons. The Hall–Kier alpha value is -0.770. The summed E-state index contributed by atoms with van der Waals surface area (Å²) in [4.78, 5) is 2.41. The largest absolute Gasteiger partial charge is 0.384 e. The maximum Gasteiger partial charge on any atom is 0.0594 e. The van der Waals surface area contributed by atoms with Crippen LogP contribution in [0.15, 0.2) is 18.2 Å². The van der Waals surface area contributed by atoms with Gasteiger partial charge in [-0.25, -0.2) is 0 Å². The minimum absolute atomic E-state index is 0.821.